The van der Waals surface area contributed by atoms with Gasteiger partial charge in [-0.1, -0.05) is 18.2 Å². The van der Waals surface area contributed by atoms with E-state index in [9.17, 15) is 21.6 Å². The Morgan fingerprint density at radius 1 is 1.05 bits per heavy atom. The number of alkyl halides is 3. The fourth-order valence-corrected chi connectivity index (χ4v) is 2.25. The minimum atomic E-state index is -4.58. The number of halogens is 3. The van der Waals surface area contributed by atoms with E-state index in [4.69, 9.17) is 4.74 Å². The van der Waals surface area contributed by atoms with Gasteiger partial charge in [0.2, 0.25) is 10.0 Å². The van der Waals surface area contributed by atoms with E-state index < -0.39 is 21.8 Å². The van der Waals surface area contributed by atoms with Gasteiger partial charge in [-0.3, -0.25) is 4.72 Å². The lowest BCUT2D eigenvalue weighted by molar-refractivity contribution is -0.137. The topological polar surface area (TPSA) is 55.4 Å². The molecule has 22 heavy (non-hydrogen) atoms. The van der Waals surface area contributed by atoms with E-state index in [2.05, 4.69) is 0 Å². The van der Waals surface area contributed by atoms with Crippen LogP contribution in [-0.2, 0) is 16.2 Å². The van der Waals surface area contributed by atoms with Gasteiger partial charge in [0.1, 0.15) is 5.75 Å². The largest absolute Gasteiger partial charge is 0.455 e. The van der Waals surface area contributed by atoms with Crippen LogP contribution in [-0.4, -0.2) is 14.7 Å². The fourth-order valence-electron chi connectivity index (χ4n) is 1.69. The van der Waals surface area contributed by atoms with Gasteiger partial charge in [0.05, 0.1) is 17.5 Å². The van der Waals surface area contributed by atoms with Gasteiger partial charge in [0, 0.05) is 0 Å². The van der Waals surface area contributed by atoms with E-state index in [1.54, 1.807) is 30.3 Å². The second kappa shape index (κ2) is 5.88. The predicted octanol–water partition coefficient (Wildman–Crippen LogP) is 3.87. The molecular weight excluding hydrogens is 319 g/mol. The molecule has 0 radical (unpaired) electrons. The maximum absolute atomic E-state index is 12.7. The Bertz CT molecular complexity index is 759. The summed E-state index contributed by atoms with van der Waals surface area (Å²) in [5, 5.41) is 0. The average molecular weight is 331 g/mol. The molecule has 1 N–H and O–H groups in total. The highest BCUT2D eigenvalue weighted by Crippen LogP contribution is 2.37. The van der Waals surface area contributed by atoms with E-state index in [0.29, 0.717) is 11.8 Å². The first-order valence-corrected chi connectivity index (χ1v) is 7.96. The molecule has 2 aromatic rings. The van der Waals surface area contributed by atoms with E-state index in [1.165, 1.54) is 0 Å². The summed E-state index contributed by atoms with van der Waals surface area (Å²) in [6.07, 6.45) is -3.74. The van der Waals surface area contributed by atoms with E-state index in [1.807, 2.05) is 4.72 Å². The number of hydrogen-bond donors (Lipinski definition) is 1. The van der Waals surface area contributed by atoms with Crippen molar-refractivity contribution in [2.45, 2.75) is 6.18 Å². The zero-order chi connectivity index (χ0) is 16.4. The van der Waals surface area contributed by atoms with Gasteiger partial charge in [0.25, 0.3) is 0 Å². The van der Waals surface area contributed by atoms with Crippen LogP contribution < -0.4 is 9.46 Å². The highest BCUT2D eigenvalue weighted by molar-refractivity contribution is 7.92. The van der Waals surface area contributed by atoms with Crippen molar-refractivity contribution in [1.82, 2.24) is 0 Å². The van der Waals surface area contributed by atoms with E-state index in [0.717, 1.165) is 18.4 Å². The maximum Gasteiger partial charge on any atom is 0.416 e. The second-order valence-electron chi connectivity index (χ2n) is 4.50. The summed E-state index contributed by atoms with van der Waals surface area (Å²) in [4.78, 5) is 0. The number of rotatable bonds is 4. The van der Waals surface area contributed by atoms with Crippen molar-refractivity contribution >= 4 is 15.7 Å². The van der Waals surface area contributed by atoms with Gasteiger partial charge >= 0.3 is 6.18 Å². The standard InChI is InChI=1S/C14H12F3NO3S/c1-22(19,20)18-12-9-10(14(15,16)17)7-8-13(12)21-11-5-3-2-4-6-11/h2-9,18H,1H3. The van der Waals surface area contributed by atoms with Gasteiger partial charge in [-0.25, -0.2) is 8.42 Å². The molecule has 0 amide bonds. The summed E-state index contributed by atoms with van der Waals surface area (Å²) < 4.78 is 68.3. The molecule has 118 valence electrons. The zero-order valence-electron chi connectivity index (χ0n) is 11.4. The third-order valence-electron chi connectivity index (χ3n) is 2.57. The summed E-state index contributed by atoms with van der Waals surface area (Å²) in [5.41, 5.74) is -1.25. The van der Waals surface area contributed by atoms with Crippen LogP contribution in [0.3, 0.4) is 0 Å². The van der Waals surface area contributed by atoms with Gasteiger partial charge in [-0.2, -0.15) is 13.2 Å². The molecule has 0 saturated carbocycles. The maximum atomic E-state index is 12.7. The summed E-state index contributed by atoms with van der Waals surface area (Å²) >= 11 is 0. The molecule has 0 aromatic heterocycles. The average Bonchev–Trinajstić information content (AvgIpc) is 2.39. The molecule has 2 aromatic carbocycles. The van der Waals surface area contributed by atoms with Crippen molar-refractivity contribution < 1.29 is 26.3 Å². The Labute approximate surface area is 125 Å². The minimum absolute atomic E-state index is 0.0235. The molecule has 8 heteroatoms. The zero-order valence-corrected chi connectivity index (χ0v) is 12.2. The van der Waals surface area contributed by atoms with E-state index >= 15 is 0 Å². The van der Waals surface area contributed by atoms with Crippen LogP contribution in [0, 0.1) is 0 Å². The molecule has 0 aliphatic carbocycles. The summed E-state index contributed by atoms with van der Waals surface area (Å²) in [7, 11) is -3.75. The smallest absolute Gasteiger partial charge is 0.416 e. The molecule has 0 heterocycles. The summed E-state index contributed by atoms with van der Waals surface area (Å²) in [6, 6.07) is 10.9. The van der Waals surface area contributed by atoms with Crippen molar-refractivity contribution in [3.8, 4) is 11.5 Å². The van der Waals surface area contributed by atoms with Crippen LogP contribution >= 0.6 is 0 Å². The molecule has 0 aliphatic rings. The van der Waals surface area contributed by atoms with Crippen LogP contribution in [0.2, 0.25) is 0 Å². The molecule has 0 saturated heterocycles. The number of hydrogen-bond acceptors (Lipinski definition) is 3. The minimum Gasteiger partial charge on any atom is -0.455 e. The lowest BCUT2D eigenvalue weighted by Crippen LogP contribution is -2.12. The Kier molecular flexibility index (Phi) is 4.32. The second-order valence-corrected chi connectivity index (χ2v) is 6.25. The number of para-hydroxylation sites is 1. The molecule has 0 fully saturated rings. The van der Waals surface area contributed by atoms with Crippen LogP contribution in [0.25, 0.3) is 0 Å². The highest BCUT2D eigenvalue weighted by atomic mass is 32.2. The van der Waals surface area contributed by atoms with Crippen LogP contribution in [0.5, 0.6) is 11.5 Å². The van der Waals surface area contributed by atoms with E-state index in [-0.39, 0.29) is 11.4 Å². The number of ether oxygens (including phenoxy) is 1. The van der Waals surface area contributed by atoms with Crippen molar-refractivity contribution in [2.75, 3.05) is 11.0 Å². The molecule has 0 bridgehead atoms. The molecular formula is C14H12F3NO3S. The lowest BCUT2D eigenvalue weighted by Gasteiger charge is -2.15. The van der Waals surface area contributed by atoms with Crippen molar-refractivity contribution in [3.63, 3.8) is 0 Å². The first-order valence-electron chi connectivity index (χ1n) is 6.07. The van der Waals surface area contributed by atoms with Crippen LogP contribution in [0.1, 0.15) is 5.56 Å². The van der Waals surface area contributed by atoms with Crippen LogP contribution in [0.15, 0.2) is 48.5 Å². The molecule has 0 spiro atoms. The first kappa shape index (κ1) is 16.2. The Hall–Kier alpha value is -2.22. The normalized spacial score (nSPS) is 12.0. The molecule has 0 atom stereocenters. The molecule has 4 nitrogen and oxygen atoms in total. The van der Waals surface area contributed by atoms with Gasteiger partial charge in [0.15, 0.2) is 5.75 Å². The summed E-state index contributed by atoms with van der Waals surface area (Å²) in [5.74, 6) is 0.350. The monoisotopic (exact) mass is 331 g/mol. The Balaban J connectivity index is 2.44. The first-order chi connectivity index (χ1) is 10.1. The summed E-state index contributed by atoms with van der Waals surface area (Å²) in [6.45, 7) is 0. The van der Waals surface area contributed by atoms with Gasteiger partial charge in [-0.05, 0) is 30.3 Å². The number of benzene rings is 2. The number of anilines is 1. The molecule has 2 rings (SSSR count). The lowest BCUT2D eigenvalue weighted by atomic mass is 10.2. The SMILES string of the molecule is CS(=O)(=O)Nc1cc(C(F)(F)F)ccc1Oc1ccccc1. The fraction of sp³-hybridized carbons (Fsp3) is 0.143. The predicted molar refractivity (Wildman–Crippen MR) is 76.4 cm³/mol. The quantitative estimate of drug-likeness (QED) is 0.925. The van der Waals surface area contributed by atoms with Gasteiger partial charge in [-0.15, -0.1) is 0 Å². The van der Waals surface area contributed by atoms with Crippen LogP contribution in [0.4, 0.5) is 18.9 Å². The molecule has 0 aliphatic heterocycles. The molecule has 0 unspecified atom stereocenters. The number of nitrogens with one attached hydrogen (secondary N) is 1. The third kappa shape index (κ3) is 4.39. The van der Waals surface area contributed by atoms with Gasteiger partial charge < -0.3 is 4.74 Å². The highest BCUT2D eigenvalue weighted by Gasteiger charge is 2.31. The Morgan fingerprint density at radius 2 is 1.68 bits per heavy atom. The van der Waals surface area contributed by atoms with Crippen molar-refractivity contribution in [1.29, 1.82) is 0 Å². The van der Waals surface area contributed by atoms with Crippen molar-refractivity contribution in [2.24, 2.45) is 0 Å². The number of sulfonamides is 1. The van der Waals surface area contributed by atoms with Crippen molar-refractivity contribution in [3.05, 3.63) is 54.1 Å². The third-order valence-corrected chi connectivity index (χ3v) is 3.16. The Morgan fingerprint density at radius 3 is 2.23 bits per heavy atom.